The third kappa shape index (κ3) is 1.71. The minimum absolute atomic E-state index is 0.0988. The Morgan fingerprint density at radius 2 is 2.21 bits per heavy atom. The highest BCUT2D eigenvalue weighted by Gasteiger charge is 2.20. The molecule has 1 unspecified atom stereocenters. The summed E-state index contributed by atoms with van der Waals surface area (Å²) in [4.78, 5) is 6.12. The largest absolute Gasteiger partial charge is 0.382 e. The number of nitrogens with two attached hydrogens (primary N) is 1. The molecule has 0 radical (unpaired) electrons. The molecule has 0 saturated carbocycles. The molecule has 1 aliphatic rings. The van der Waals surface area contributed by atoms with Gasteiger partial charge >= 0.3 is 0 Å². The van der Waals surface area contributed by atoms with Crippen LogP contribution in [0.5, 0.6) is 0 Å². The number of aliphatic hydroxyl groups is 1. The van der Waals surface area contributed by atoms with Gasteiger partial charge in [-0.05, 0) is 18.0 Å². The summed E-state index contributed by atoms with van der Waals surface area (Å²) in [5.74, 6) is 0.763. The lowest BCUT2D eigenvalue weighted by Gasteiger charge is -2.09. The van der Waals surface area contributed by atoms with Crippen LogP contribution in [0.2, 0.25) is 0 Å². The zero-order chi connectivity index (χ0) is 9.97. The molecule has 0 amide bonds. The van der Waals surface area contributed by atoms with Crippen molar-refractivity contribution in [2.24, 2.45) is 5.73 Å². The third-order valence-electron chi connectivity index (χ3n) is 2.33. The predicted octanol–water partition coefficient (Wildman–Crippen LogP) is -0.338. The van der Waals surface area contributed by atoms with Crippen LogP contribution >= 0.6 is 0 Å². The van der Waals surface area contributed by atoms with Crippen molar-refractivity contribution < 1.29 is 9.63 Å². The monoisotopic (exact) mass is 198 g/mol. The van der Waals surface area contributed by atoms with Gasteiger partial charge in [-0.15, -0.1) is 0 Å². The Balaban J connectivity index is 2.08. The summed E-state index contributed by atoms with van der Waals surface area (Å²) >= 11 is 0. The van der Waals surface area contributed by atoms with E-state index in [1.807, 2.05) is 4.90 Å². The minimum atomic E-state index is -0.848. The Kier molecular flexibility index (Phi) is 2.64. The van der Waals surface area contributed by atoms with Crippen LogP contribution in [-0.2, 0) is 0 Å². The highest BCUT2D eigenvalue weighted by atomic mass is 16.5. The molecule has 0 bridgehead atoms. The van der Waals surface area contributed by atoms with Crippen LogP contribution in [0, 0.1) is 0 Å². The van der Waals surface area contributed by atoms with Crippen molar-refractivity contribution in [2.75, 3.05) is 24.5 Å². The van der Waals surface area contributed by atoms with Gasteiger partial charge in [0.05, 0.1) is 0 Å². The lowest BCUT2D eigenvalue weighted by Crippen LogP contribution is -2.19. The Labute approximate surface area is 81.7 Å². The van der Waals surface area contributed by atoms with Crippen LogP contribution < -0.4 is 10.6 Å². The van der Waals surface area contributed by atoms with E-state index in [4.69, 9.17) is 10.3 Å². The molecule has 0 spiro atoms. The topological polar surface area (TPSA) is 88.4 Å². The quantitative estimate of drug-likeness (QED) is 0.691. The van der Waals surface area contributed by atoms with E-state index in [1.54, 1.807) is 0 Å². The molecule has 78 valence electrons. The number of aromatic nitrogens is 2. The van der Waals surface area contributed by atoms with Crippen molar-refractivity contribution in [3.63, 3.8) is 0 Å². The molecule has 1 aliphatic heterocycles. The van der Waals surface area contributed by atoms with Crippen LogP contribution in [0.1, 0.15) is 24.8 Å². The lowest BCUT2D eigenvalue weighted by atomic mass is 10.4. The van der Waals surface area contributed by atoms with Gasteiger partial charge in [0.15, 0.2) is 0 Å². The minimum Gasteiger partial charge on any atom is -0.382 e. The van der Waals surface area contributed by atoms with Gasteiger partial charge in [-0.1, -0.05) is 0 Å². The maximum atomic E-state index is 9.35. The fourth-order valence-electron chi connectivity index (χ4n) is 1.51. The number of aliphatic hydroxyl groups excluding tert-OH is 1. The molecule has 1 aromatic rings. The van der Waals surface area contributed by atoms with Gasteiger partial charge in [0.25, 0.3) is 11.8 Å². The van der Waals surface area contributed by atoms with Crippen molar-refractivity contribution in [3.8, 4) is 0 Å². The van der Waals surface area contributed by atoms with E-state index in [2.05, 4.69) is 10.1 Å². The van der Waals surface area contributed by atoms with Gasteiger partial charge in [-0.25, -0.2) is 0 Å². The first kappa shape index (κ1) is 9.42. The number of rotatable bonds is 3. The zero-order valence-electron chi connectivity index (χ0n) is 7.89. The molecule has 1 atom stereocenters. The summed E-state index contributed by atoms with van der Waals surface area (Å²) in [7, 11) is 0. The summed E-state index contributed by atoms with van der Waals surface area (Å²) in [6.07, 6.45) is 1.46. The molecule has 2 heterocycles. The highest BCUT2D eigenvalue weighted by molar-refractivity contribution is 5.29. The lowest BCUT2D eigenvalue weighted by molar-refractivity contribution is 0.141. The fourth-order valence-corrected chi connectivity index (χ4v) is 1.51. The molecule has 6 heteroatoms. The smallest absolute Gasteiger partial charge is 0.266 e. The first-order valence-corrected chi connectivity index (χ1v) is 4.78. The molecule has 14 heavy (non-hydrogen) atoms. The van der Waals surface area contributed by atoms with Crippen LogP contribution in [0.15, 0.2) is 4.52 Å². The Morgan fingerprint density at radius 1 is 1.50 bits per heavy atom. The third-order valence-corrected chi connectivity index (χ3v) is 2.33. The predicted molar refractivity (Wildman–Crippen MR) is 49.8 cm³/mol. The van der Waals surface area contributed by atoms with Gasteiger partial charge in [-0.3, -0.25) is 0 Å². The van der Waals surface area contributed by atoms with Crippen LogP contribution in [-0.4, -0.2) is 34.9 Å². The van der Waals surface area contributed by atoms with Gasteiger partial charge in [0, 0.05) is 19.6 Å². The summed E-state index contributed by atoms with van der Waals surface area (Å²) < 4.78 is 4.90. The molecule has 3 N–H and O–H groups in total. The molecule has 6 nitrogen and oxygen atoms in total. The molecular weight excluding hydrogens is 184 g/mol. The second-order valence-electron chi connectivity index (χ2n) is 3.38. The average Bonchev–Trinajstić information content (AvgIpc) is 2.86. The average molecular weight is 198 g/mol. The molecule has 1 saturated heterocycles. The van der Waals surface area contributed by atoms with E-state index in [-0.39, 0.29) is 12.4 Å². The van der Waals surface area contributed by atoms with Crippen molar-refractivity contribution >= 4 is 5.95 Å². The van der Waals surface area contributed by atoms with Crippen LogP contribution in [0.4, 0.5) is 5.95 Å². The van der Waals surface area contributed by atoms with Crippen molar-refractivity contribution in [1.29, 1.82) is 0 Å². The first-order chi connectivity index (χ1) is 6.81. The van der Waals surface area contributed by atoms with Gasteiger partial charge in [-0.2, -0.15) is 4.98 Å². The number of hydrogen-bond acceptors (Lipinski definition) is 6. The number of nitrogens with zero attached hydrogens (tertiary/aromatic N) is 3. The molecule has 1 aromatic heterocycles. The van der Waals surface area contributed by atoms with E-state index in [9.17, 15) is 5.11 Å². The fraction of sp³-hybridized carbons (Fsp3) is 0.750. The first-order valence-electron chi connectivity index (χ1n) is 4.78. The Hall–Kier alpha value is -1.14. The Bertz CT molecular complexity index is 295. The zero-order valence-corrected chi connectivity index (χ0v) is 7.89. The SMILES string of the molecule is NCC(O)c1nc(N2CCCC2)no1. The molecule has 0 aliphatic carbocycles. The van der Waals surface area contributed by atoms with Crippen LogP contribution in [0.25, 0.3) is 0 Å². The van der Waals surface area contributed by atoms with Gasteiger partial charge in [0.2, 0.25) is 0 Å². The van der Waals surface area contributed by atoms with E-state index < -0.39 is 6.10 Å². The summed E-state index contributed by atoms with van der Waals surface area (Å²) in [6, 6.07) is 0. The maximum Gasteiger partial charge on any atom is 0.266 e. The van der Waals surface area contributed by atoms with E-state index >= 15 is 0 Å². The van der Waals surface area contributed by atoms with Crippen molar-refractivity contribution in [2.45, 2.75) is 18.9 Å². The number of hydrogen-bond donors (Lipinski definition) is 2. The number of anilines is 1. The van der Waals surface area contributed by atoms with Crippen LogP contribution in [0.3, 0.4) is 0 Å². The molecule has 1 fully saturated rings. The van der Waals surface area contributed by atoms with Gasteiger partial charge in [0.1, 0.15) is 6.10 Å². The van der Waals surface area contributed by atoms with Crippen molar-refractivity contribution in [1.82, 2.24) is 10.1 Å². The highest BCUT2D eigenvalue weighted by Crippen LogP contribution is 2.18. The normalized spacial score (nSPS) is 18.9. The molecular formula is C8H14N4O2. The standard InChI is InChI=1S/C8H14N4O2/c9-5-6(13)7-10-8(11-14-7)12-3-1-2-4-12/h6,13H,1-5,9H2. The van der Waals surface area contributed by atoms with Crippen molar-refractivity contribution in [3.05, 3.63) is 5.89 Å². The second-order valence-corrected chi connectivity index (χ2v) is 3.38. The summed E-state index contributed by atoms with van der Waals surface area (Å²) in [5.41, 5.74) is 5.28. The van der Waals surface area contributed by atoms with E-state index in [0.717, 1.165) is 25.9 Å². The Morgan fingerprint density at radius 3 is 2.86 bits per heavy atom. The summed E-state index contributed by atoms with van der Waals surface area (Å²) in [6.45, 7) is 2.01. The summed E-state index contributed by atoms with van der Waals surface area (Å²) in [5, 5.41) is 13.1. The van der Waals surface area contributed by atoms with Gasteiger partial charge < -0.3 is 20.3 Å². The molecule has 2 rings (SSSR count). The van der Waals surface area contributed by atoms with E-state index in [1.165, 1.54) is 0 Å². The van der Waals surface area contributed by atoms with E-state index in [0.29, 0.717) is 5.95 Å². The maximum absolute atomic E-state index is 9.35. The molecule has 0 aromatic carbocycles. The second kappa shape index (κ2) is 3.93.